The van der Waals surface area contributed by atoms with Gasteiger partial charge in [0, 0.05) is 48.8 Å². The van der Waals surface area contributed by atoms with E-state index in [2.05, 4.69) is 185 Å². The van der Waals surface area contributed by atoms with Crippen LogP contribution >= 0.6 is 11.3 Å². The summed E-state index contributed by atoms with van der Waals surface area (Å²) in [4.78, 5) is 7.83. The number of allylic oxidation sites excluding steroid dienone is 1. The van der Waals surface area contributed by atoms with Crippen molar-refractivity contribution in [2.45, 2.75) is 37.1 Å². The fraction of sp³-hybridized carbons (Fsp3) is 0.118. The van der Waals surface area contributed by atoms with Crippen LogP contribution in [0, 0.1) is 0 Å². The number of anilines is 2. The van der Waals surface area contributed by atoms with Crippen LogP contribution in [0.4, 0.5) is 11.4 Å². The summed E-state index contributed by atoms with van der Waals surface area (Å²) in [7, 11) is 0. The number of fused-ring (bicyclic) bond motifs is 9. The maximum Gasteiger partial charge on any atom is 0.137 e. The van der Waals surface area contributed by atoms with Crippen LogP contribution in [0.5, 0.6) is 0 Å². The van der Waals surface area contributed by atoms with Crippen molar-refractivity contribution in [1.82, 2.24) is 10.6 Å². The number of hydrogen-bond donors (Lipinski definition) is 2. The van der Waals surface area contributed by atoms with Crippen LogP contribution in [-0.4, -0.2) is 11.9 Å². The molecule has 12 rings (SSSR count). The third-order valence-electron chi connectivity index (χ3n) is 12.2. The van der Waals surface area contributed by atoms with Gasteiger partial charge in [0.05, 0.1) is 11.1 Å². The molecule has 0 spiro atoms. The SMILES string of the molecule is C1=CC2c3ccccc3N(c3cccc4oc5ccc(-c6ccc7sc8ccc(C9=NC(c%10ccccc%10)NC(c%10ccccc%10)N9)cc8c7c6)cc5c34)C2CC1. The zero-order chi connectivity index (χ0) is 37.5. The van der Waals surface area contributed by atoms with Crippen molar-refractivity contribution in [2.75, 3.05) is 4.90 Å². The topological polar surface area (TPSA) is 52.8 Å². The van der Waals surface area contributed by atoms with Crippen molar-refractivity contribution in [1.29, 1.82) is 0 Å². The van der Waals surface area contributed by atoms with Crippen molar-refractivity contribution in [3.8, 4) is 11.1 Å². The van der Waals surface area contributed by atoms with E-state index in [1.807, 2.05) is 11.3 Å². The molecule has 0 bridgehead atoms. The number of rotatable bonds is 5. The van der Waals surface area contributed by atoms with E-state index in [1.54, 1.807) is 0 Å². The van der Waals surface area contributed by atoms with Gasteiger partial charge in [0.15, 0.2) is 0 Å². The molecule has 4 atom stereocenters. The highest BCUT2D eigenvalue weighted by Crippen LogP contribution is 2.51. The molecule has 7 aromatic carbocycles. The zero-order valence-electron chi connectivity index (χ0n) is 31.1. The normalized spacial score (nSPS) is 20.2. The van der Waals surface area contributed by atoms with E-state index >= 15 is 0 Å². The molecular weight excluding hydrogens is 717 g/mol. The maximum atomic E-state index is 6.56. The number of hydrogen-bond acceptors (Lipinski definition) is 6. The van der Waals surface area contributed by atoms with Crippen LogP contribution in [0.2, 0.25) is 0 Å². The third kappa shape index (κ3) is 5.36. The molecule has 2 aromatic heterocycles. The molecule has 9 aromatic rings. The monoisotopic (exact) mass is 754 g/mol. The second-order valence-electron chi connectivity index (χ2n) is 15.5. The average Bonchev–Trinajstić information content (AvgIpc) is 3.95. The Balaban J connectivity index is 0.955. The van der Waals surface area contributed by atoms with E-state index in [0.29, 0.717) is 12.0 Å². The summed E-state index contributed by atoms with van der Waals surface area (Å²) >= 11 is 1.84. The first-order valence-electron chi connectivity index (χ1n) is 19.9. The Morgan fingerprint density at radius 3 is 2.12 bits per heavy atom. The highest BCUT2D eigenvalue weighted by molar-refractivity contribution is 7.25. The summed E-state index contributed by atoms with van der Waals surface area (Å²) < 4.78 is 9.11. The van der Waals surface area contributed by atoms with E-state index in [1.165, 1.54) is 59.2 Å². The Hall–Kier alpha value is -6.47. The van der Waals surface area contributed by atoms with E-state index in [0.717, 1.165) is 46.4 Å². The number of benzene rings is 7. The number of para-hydroxylation sites is 1. The fourth-order valence-electron chi connectivity index (χ4n) is 9.52. The lowest BCUT2D eigenvalue weighted by Gasteiger charge is -2.32. The smallest absolute Gasteiger partial charge is 0.137 e. The lowest BCUT2D eigenvalue weighted by molar-refractivity contribution is 0.409. The summed E-state index contributed by atoms with van der Waals surface area (Å²) in [5.74, 6) is 1.29. The average molecular weight is 755 g/mol. The molecule has 5 nitrogen and oxygen atoms in total. The molecule has 3 aliphatic rings. The minimum absolute atomic E-state index is 0.0824. The Morgan fingerprint density at radius 2 is 1.30 bits per heavy atom. The predicted octanol–water partition coefficient (Wildman–Crippen LogP) is 12.9. The number of nitrogens with zero attached hydrogens (tertiary/aromatic N) is 2. The van der Waals surface area contributed by atoms with Crippen molar-refractivity contribution in [3.63, 3.8) is 0 Å². The molecule has 0 fully saturated rings. The first kappa shape index (κ1) is 32.7. The van der Waals surface area contributed by atoms with Crippen molar-refractivity contribution in [2.24, 2.45) is 4.99 Å². The first-order valence-corrected chi connectivity index (χ1v) is 20.7. The molecular formula is C51H38N4OS. The van der Waals surface area contributed by atoms with Crippen LogP contribution in [0.15, 0.2) is 179 Å². The number of amidine groups is 1. The minimum Gasteiger partial charge on any atom is -0.456 e. The van der Waals surface area contributed by atoms with Crippen LogP contribution in [0.3, 0.4) is 0 Å². The van der Waals surface area contributed by atoms with E-state index in [4.69, 9.17) is 9.41 Å². The first-order chi connectivity index (χ1) is 28.2. The van der Waals surface area contributed by atoms with Gasteiger partial charge >= 0.3 is 0 Å². The molecule has 274 valence electrons. The van der Waals surface area contributed by atoms with Gasteiger partial charge in [-0.25, -0.2) is 4.99 Å². The Kier molecular flexibility index (Phi) is 7.50. The Labute approximate surface area is 334 Å². The van der Waals surface area contributed by atoms with Crippen LogP contribution in [0.1, 0.15) is 53.3 Å². The maximum absolute atomic E-state index is 6.56. The molecule has 0 amide bonds. The van der Waals surface area contributed by atoms with E-state index < -0.39 is 0 Å². The molecule has 2 aliphatic heterocycles. The summed E-state index contributed by atoms with van der Waals surface area (Å²) in [5.41, 5.74) is 11.6. The minimum atomic E-state index is -0.176. The summed E-state index contributed by atoms with van der Waals surface area (Å²) in [6.07, 6.45) is 6.75. The molecule has 0 radical (unpaired) electrons. The van der Waals surface area contributed by atoms with Gasteiger partial charge in [-0.05, 0) is 101 Å². The van der Waals surface area contributed by atoms with Gasteiger partial charge in [0.2, 0.25) is 0 Å². The van der Waals surface area contributed by atoms with Gasteiger partial charge in [-0.3, -0.25) is 5.32 Å². The van der Waals surface area contributed by atoms with Gasteiger partial charge < -0.3 is 14.6 Å². The zero-order valence-corrected chi connectivity index (χ0v) is 31.9. The number of aliphatic imine (C=N–C) groups is 1. The quantitative estimate of drug-likeness (QED) is 0.172. The van der Waals surface area contributed by atoms with Gasteiger partial charge in [0.1, 0.15) is 29.3 Å². The molecule has 4 heterocycles. The van der Waals surface area contributed by atoms with Crippen molar-refractivity contribution in [3.05, 3.63) is 192 Å². The lowest BCUT2D eigenvalue weighted by Crippen LogP contribution is -2.44. The molecule has 6 heteroatoms. The number of thiophene rings is 1. The van der Waals surface area contributed by atoms with Crippen LogP contribution < -0.4 is 15.5 Å². The lowest BCUT2D eigenvalue weighted by atomic mass is 9.87. The molecule has 2 N–H and O–H groups in total. The number of furan rings is 1. The van der Waals surface area contributed by atoms with E-state index in [-0.39, 0.29) is 12.3 Å². The summed E-state index contributed by atoms with van der Waals surface area (Å²) in [6, 6.07) is 57.3. The van der Waals surface area contributed by atoms with Gasteiger partial charge in [-0.15, -0.1) is 11.3 Å². The Morgan fingerprint density at radius 1 is 0.614 bits per heavy atom. The van der Waals surface area contributed by atoms with Crippen molar-refractivity contribution >= 4 is 70.7 Å². The second-order valence-corrected chi connectivity index (χ2v) is 16.5. The highest BCUT2D eigenvalue weighted by atomic mass is 32.1. The third-order valence-corrected chi connectivity index (χ3v) is 13.3. The van der Waals surface area contributed by atoms with Gasteiger partial charge in [0.25, 0.3) is 0 Å². The number of nitrogens with one attached hydrogen (secondary N) is 2. The highest BCUT2D eigenvalue weighted by Gasteiger charge is 2.39. The largest absolute Gasteiger partial charge is 0.456 e. The standard InChI is InChI=1S/C51H38N4OS/c1-3-12-31(13-4-1)49-52-50(32-14-5-2-6-15-32)54-51(53-49)35-24-27-47-39(30-35)38-28-34(23-26-46(38)57-47)33-22-25-44-40(29-33)48-43(20-11-21-45(48)56-44)55-41-18-9-7-16-36(41)37-17-8-10-19-42(37)55/h1-9,11-18,20-30,37,42,49-50,52H,10,19H2,(H,53,54). The molecule has 0 saturated heterocycles. The predicted molar refractivity (Wildman–Crippen MR) is 237 cm³/mol. The molecule has 1 aliphatic carbocycles. The van der Waals surface area contributed by atoms with Crippen LogP contribution in [-0.2, 0) is 0 Å². The Bertz CT molecular complexity index is 3070. The fourth-order valence-corrected chi connectivity index (χ4v) is 10.6. The second kappa shape index (κ2) is 13.1. The van der Waals surface area contributed by atoms with Gasteiger partial charge in [-0.2, -0.15) is 0 Å². The van der Waals surface area contributed by atoms with Gasteiger partial charge in [-0.1, -0.05) is 109 Å². The van der Waals surface area contributed by atoms with Crippen molar-refractivity contribution < 1.29 is 4.42 Å². The molecule has 57 heavy (non-hydrogen) atoms. The molecule has 0 saturated carbocycles. The summed E-state index contributed by atoms with van der Waals surface area (Å²) in [5, 5.41) is 12.3. The van der Waals surface area contributed by atoms with E-state index in [9.17, 15) is 0 Å². The summed E-state index contributed by atoms with van der Waals surface area (Å²) in [6.45, 7) is 0. The van der Waals surface area contributed by atoms with Crippen LogP contribution in [0.25, 0.3) is 53.2 Å². The molecule has 4 unspecified atom stereocenters.